The Bertz CT molecular complexity index is 663. The molecule has 0 bridgehead atoms. The van der Waals surface area contributed by atoms with Gasteiger partial charge in [-0.2, -0.15) is 0 Å². The van der Waals surface area contributed by atoms with E-state index in [1.807, 2.05) is 34.9 Å². The zero-order chi connectivity index (χ0) is 19.2. The van der Waals surface area contributed by atoms with E-state index in [0.29, 0.717) is 31.7 Å². The van der Waals surface area contributed by atoms with E-state index in [4.69, 9.17) is 0 Å². The molecule has 1 aliphatic carbocycles. The molecule has 2 aliphatic rings. The molecule has 1 heterocycles. The maximum Gasteiger partial charge on any atom is 0.251 e. The lowest BCUT2D eigenvalue weighted by atomic mass is 10.1. The van der Waals surface area contributed by atoms with E-state index in [1.165, 1.54) is 0 Å². The van der Waals surface area contributed by atoms with Crippen LogP contribution in [0.25, 0.3) is 0 Å². The van der Waals surface area contributed by atoms with Gasteiger partial charge in [-0.25, -0.2) is 0 Å². The number of rotatable bonds is 5. The van der Waals surface area contributed by atoms with E-state index < -0.39 is 0 Å². The van der Waals surface area contributed by atoms with Crippen LogP contribution in [-0.2, 0) is 9.59 Å². The summed E-state index contributed by atoms with van der Waals surface area (Å²) in [5.41, 5.74) is 0.593. The van der Waals surface area contributed by atoms with Crippen molar-refractivity contribution in [2.24, 2.45) is 5.92 Å². The number of nitrogens with zero attached hydrogens (tertiary/aromatic N) is 2. The van der Waals surface area contributed by atoms with E-state index in [0.717, 1.165) is 25.7 Å². The number of benzene rings is 1. The summed E-state index contributed by atoms with van der Waals surface area (Å²) in [4.78, 5) is 40.9. The normalized spacial score (nSPS) is 19.0. The number of nitrogens with one attached hydrogen (secondary N) is 1. The predicted molar refractivity (Wildman–Crippen MR) is 103 cm³/mol. The average molecular weight is 371 g/mol. The van der Waals surface area contributed by atoms with Gasteiger partial charge in [-0.05, 0) is 31.9 Å². The third-order valence-corrected chi connectivity index (χ3v) is 5.54. The van der Waals surface area contributed by atoms with Crippen LogP contribution in [-0.4, -0.2) is 59.7 Å². The molecule has 1 aromatic rings. The number of hydrogen-bond acceptors (Lipinski definition) is 3. The minimum Gasteiger partial charge on any atom is -0.349 e. The fourth-order valence-corrected chi connectivity index (χ4v) is 3.95. The molecule has 0 spiro atoms. The van der Waals surface area contributed by atoms with Crippen molar-refractivity contribution in [1.82, 2.24) is 15.1 Å². The summed E-state index contributed by atoms with van der Waals surface area (Å²) in [7, 11) is 0. The molecule has 2 fully saturated rings. The lowest BCUT2D eigenvalue weighted by molar-refractivity contribution is -0.142. The van der Waals surface area contributed by atoms with Crippen molar-refractivity contribution < 1.29 is 14.4 Å². The molecular weight excluding hydrogens is 342 g/mol. The zero-order valence-corrected chi connectivity index (χ0v) is 16.0. The minimum absolute atomic E-state index is 0.0313. The minimum atomic E-state index is -0.233. The molecule has 1 aromatic carbocycles. The van der Waals surface area contributed by atoms with Gasteiger partial charge >= 0.3 is 0 Å². The van der Waals surface area contributed by atoms with Gasteiger partial charge in [-0.1, -0.05) is 31.0 Å². The van der Waals surface area contributed by atoms with Crippen molar-refractivity contribution in [3.8, 4) is 0 Å². The first-order chi connectivity index (χ1) is 13.0. The van der Waals surface area contributed by atoms with Crippen LogP contribution in [0.3, 0.4) is 0 Å². The average Bonchev–Trinajstić information content (AvgIpc) is 3.23. The molecule has 1 unspecified atom stereocenters. The second-order valence-corrected chi connectivity index (χ2v) is 7.63. The Morgan fingerprint density at radius 2 is 1.59 bits per heavy atom. The smallest absolute Gasteiger partial charge is 0.251 e. The van der Waals surface area contributed by atoms with E-state index in [1.54, 1.807) is 12.1 Å². The van der Waals surface area contributed by atoms with Crippen LogP contribution in [0.15, 0.2) is 30.3 Å². The van der Waals surface area contributed by atoms with Gasteiger partial charge in [0.2, 0.25) is 11.8 Å². The topological polar surface area (TPSA) is 69.7 Å². The largest absolute Gasteiger partial charge is 0.349 e. The van der Waals surface area contributed by atoms with Gasteiger partial charge in [0.25, 0.3) is 5.91 Å². The van der Waals surface area contributed by atoms with Crippen LogP contribution >= 0.6 is 0 Å². The summed E-state index contributed by atoms with van der Waals surface area (Å²) < 4.78 is 0. The molecular formula is C21H29N3O3. The van der Waals surface area contributed by atoms with Crippen molar-refractivity contribution >= 4 is 17.7 Å². The first-order valence-corrected chi connectivity index (χ1v) is 9.97. The first-order valence-electron chi connectivity index (χ1n) is 9.97. The van der Waals surface area contributed by atoms with E-state index in [9.17, 15) is 14.4 Å². The fourth-order valence-electron chi connectivity index (χ4n) is 3.95. The Hall–Kier alpha value is -2.37. The van der Waals surface area contributed by atoms with Gasteiger partial charge in [0, 0.05) is 50.1 Å². The SMILES string of the molecule is CC(CC(=O)N1CCN(C(=O)C2CCCC2)CC1)NC(=O)c1ccccc1. The number of piperazine rings is 1. The summed E-state index contributed by atoms with van der Waals surface area (Å²) in [6.45, 7) is 4.24. The van der Waals surface area contributed by atoms with Crippen molar-refractivity contribution in [1.29, 1.82) is 0 Å². The fraction of sp³-hybridized carbons (Fsp3) is 0.571. The molecule has 27 heavy (non-hydrogen) atoms. The summed E-state index contributed by atoms with van der Waals surface area (Å²) >= 11 is 0. The highest BCUT2D eigenvalue weighted by atomic mass is 16.2. The van der Waals surface area contributed by atoms with Crippen molar-refractivity contribution in [3.63, 3.8) is 0 Å². The van der Waals surface area contributed by atoms with Crippen LogP contribution < -0.4 is 5.32 Å². The van der Waals surface area contributed by atoms with Gasteiger partial charge < -0.3 is 15.1 Å². The predicted octanol–water partition coefficient (Wildman–Crippen LogP) is 2.06. The number of carbonyl (C=O) groups is 3. The molecule has 1 atom stereocenters. The molecule has 1 aliphatic heterocycles. The summed E-state index contributed by atoms with van der Waals surface area (Å²) in [6.07, 6.45) is 4.60. The van der Waals surface area contributed by atoms with Crippen molar-refractivity contribution in [2.75, 3.05) is 26.2 Å². The molecule has 1 N–H and O–H groups in total. The molecule has 0 radical (unpaired) electrons. The molecule has 1 saturated heterocycles. The van der Waals surface area contributed by atoms with Crippen molar-refractivity contribution in [2.45, 2.75) is 45.1 Å². The summed E-state index contributed by atoms with van der Waals surface area (Å²) in [6, 6.07) is 8.77. The second-order valence-electron chi connectivity index (χ2n) is 7.63. The Labute approximate surface area is 160 Å². The van der Waals surface area contributed by atoms with Gasteiger partial charge in [0.1, 0.15) is 0 Å². The first kappa shape index (κ1) is 19.4. The highest BCUT2D eigenvalue weighted by Gasteiger charge is 2.30. The van der Waals surface area contributed by atoms with Crippen LogP contribution in [0, 0.1) is 5.92 Å². The van der Waals surface area contributed by atoms with Crippen LogP contribution in [0.4, 0.5) is 0 Å². The molecule has 0 aromatic heterocycles. The second kappa shape index (κ2) is 9.02. The van der Waals surface area contributed by atoms with Crippen molar-refractivity contribution in [3.05, 3.63) is 35.9 Å². The van der Waals surface area contributed by atoms with Gasteiger partial charge in [0.15, 0.2) is 0 Å². The van der Waals surface area contributed by atoms with Gasteiger partial charge in [-0.3, -0.25) is 14.4 Å². The standard InChI is InChI=1S/C21H29N3O3/c1-16(22-20(26)17-7-3-2-4-8-17)15-19(25)23-11-13-24(14-12-23)21(27)18-9-5-6-10-18/h2-4,7-8,16,18H,5-6,9-15H2,1H3,(H,22,26). The summed E-state index contributed by atoms with van der Waals surface area (Å²) in [5.74, 6) is 0.329. The monoisotopic (exact) mass is 371 g/mol. The third-order valence-electron chi connectivity index (χ3n) is 5.54. The number of amides is 3. The quantitative estimate of drug-likeness (QED) is 0.861. The number of hydrogen-bond donors (Lipinski definition) is 1. The van der Waals surface area contributed by atoms with Crippen LogP contribution in [0.5, 0.6) is 0 Å². The van der Waals surface area contributed by atoms with E-state index in [2.05, 4.69) is 5.32 Å². The van der Waals surface area contributed by atoms with E-state index >= 15 is 0 Å². The Kier molecular flexibility index (Phi) is 6.48. The molecule has 3 amide bonds. The third kappa shape index (κ3) is 5.08. The number of carbonyl (C=O) groups excluding carboxylic acids is 3. The van der Waals surface area contributed by atoms with Crippen LogP contribution in [0.2, 0.25) is 0 Å². The Balaban J connectivity index is 1.42. The molecule has 146 valence electrons. The highest BCUT2D eigenvalue weighted by Crippen LogP contribution is 2.27. The Morgan fingerprint density at radius 1 is 1.00 bits per heavy atom. The lowest BCUT2D eigenvalue weighted by Gasteiger charge is -2.36. The maximum absolute atomic E-state index is 12.5. The maximum atomic E-state index is 12.5. The lowest BCUT2D eigenvalue weighted by Crippen LogP contribution is -2.52. The van der Waals surface area contributed by atoms with E-state index in [-0.39, 0.29) is 36.1 Å². The zero-order valence-electron chi connectivity index (χ0n) is 16.0. The highest BCUT2D eigenvalue weighted by molar-refractivity contribution is 5.94. The molecule has 1 saturated carbocycles. The molecule has 6 heteroatoms. The Morgan fingerprint density at radius 3 is 2.22 bits per heavy atom. The van der Waals surface area contributed by atoms with Crippen LogP contribution in [0.1, 0.15) is 49.4 Å². The summed E-state index contributed by atoms with van der Waals surface area (Å²) in [5, 5.41) is 2.88. The van der Waals surface area contributed by atoms with Gasteiger partial charge in [-0.15, -0.1) is 0 Å². The molecule has 6 nitrogen and oxygen atoms in total. The van der Waals surface area contributed by atoms with Gasteiger partial charge in [0.05, 0.1) is 0 Å². The molecule has 3 rings (SSSR count).